The minimum Gasteiger partial charge on any atom is -0.380 e. The highest BCUT2D eigenvalue weighted by Gasteiger charge is 2.05. The lowest BCUT2D eigenvalue weighted by atomic mass is 10.1. The van der Waals surface area contributed by atoms with E-state index in [-0.39, 0.29) is 0 Å². The maximum absolute atomic E-state index is 9.05. The molecule has 0 aliphatic carbocycles. The Kier molecular flexibility index (Phi) is 4.09. The maximum Gasteiger partial charge on any atom is 0.103 e. The summed E-state index contributed by atoms with van der Waals surface area (Å²) in [6, 6.07) is 15.0. The normalized spacial score (nSPS) is 9.83. The highest BCUT2D eigenvalue weighted by atomic mass is 35.5. The van der Waals surface area contributed by atoms with Crippen molar-refractivity contribution in [1.29, 1.82) is 5.26 Å². The zero-order valence-electron chi connectivity index (χ0n) is 9.45. The molecule has 0 saturated carbocycles. The molecule has 0 aliphatic heterocycles. The van der Waals surface area contributed by atoms with Gasteiger partial charge in [0.1, 0.15) is 6.07 Å². The topological polar surface area (TPSA) is 35.8 Å². The van der Waals surface area contributed by atoms with Gasteiger partial charge in [0.2, 0.25) is 0 Å². The fourth-order valence-electron chi connectivity index (χ4n) is 1.63. The monoisotopic (exact) mass is 276 g/mol. The molecule has 0 bridgehead atoms. The average Bonchev–Trinajstić information content (AvgIpc) is 2.36. The van der Waals surface area contributed by atoms with Gasteiger partial charge in [0.25, 0.3) is 0 Å². The molecular formula is C14H10Cl2N2. The number of nitriles is 1. The second kappa shape index (κ2) is 5.77. The van der Waals surface area contributed by atoms with Gasteiger partial charge in [-0.3, -0.25) is 0 Å². The molecular weight excluding hydrogens is 267 g/mol. The van der Waals surface area contributed by atoms with Crippen molar-refractivity contribution in [1.82, 2.24) is 0 Å². The van der Waals surface area contributed by atoms with Gasteiger partial charge in [-0.2, -0.15) is 5.26 Å². The number of rotatable bonds is 3. The van der Waals surface area contributed by atoms with Crippen LogP contribution in [-0.2, 0) is 6.54 Å². The summed E-state index contributed by atoms with van der Waals surface area (Å²) >= 11 is 11.9. The minimum absolute atomic E-state index is 0.452. The quantitative estimate of drug-likeness (QED) is 0.898. The van der Waals surface area contributed by atoms with Crippen molar-refractivity contribution in [3.8, 4) is 6.07 Å². The van der Waals surface area contributed by atoms with Gasteiger partial charge in [0.05, 0.1) is 16.3 Å². The van der Waals surface area contributed by atoms with E-state index in [1.54, 1.807) is 6.07 Å². The van der Waals surface area contributed by atoms with Crippen molar-refractivity contribution in [2.75, 3.05) is 5.32 Å². The van der Waals surface area contributed by atoms with E-state index in [1.165, 1.54) is 0 Å². The van der Waals surface area contributed by atoms with E-state index in [0.717, 1.165) is 11.3 Å². The van der Waals surface area contributed by atoms with Crippen molar-refractivity contribution in [2.24, 2.45) is 0 Å². The van der Waals surface area contributed by atoms with Crippen LogP contribution in [0.3, 0.4) is 0 Å². The molecule has 1 N–H and O–H groups in total. The SMILES string of the molecule is N#Cc1c(Cl)cccc1NCc1cccc(Cl)c1. The largest absolute Gasteiger partial charge is 0.380 e. The number of benzene rings is 2. The van der Waals surface area contributed by atoms with Crippen molar-refractivity contribution in [3.63, 3.8) is 0 Å². The Balaban J connectivity index is 2.16. The molecule has 18 heavy (non-hydrogen) atoms. The Hall–Kier alpha value is -1.69. The predicted molar refractivity (Wildman–Crippen MR) is 74.9 cm³/mol. The summed E-state index contributed by atoms with van der Waals surface area (Å²) in [5, 5.41) is 13.4. The molecule has 0 unspecified atom stereocenters. The number of nitrogens with one attached hydrogen (secondary N) is 1. The third kappa shape index (κ3) is 2.95. The van der Waals surface area contributed by atoms with E-state index in [9.17, 15) is 0 Å². The molecule has 0 heterocycles. The van der Waals surface area contributed by atoms with E-state index in [4.69, 9.17) is 28.5 Å². The average molecular weight is 277 g/mol. The Bertz CT molecular complexity index is 603. The molecule has 0 spiro atoms. The van der Waals surface area contributed by atoms with Crippen LogP contribution >= 0.6 is 23.2 Å². The van der Waals surface area contributed by atoms with E-state index < -0.39 is 0 Å². The molecule has 2 nitrogen and oxygen atoms in total. The number of nitrogens with zero attached hydrogens (tertiary/aromatic N) is 1. The second-order valence-corrected chi connectivity index (χ2v) is 4.60. The molecule has 2 rings (SSSR count). The molecule has 0 aromatic heterocycles. The van der Waals surface area contributed by atoms with Gasteiger partial charge in [0, 0.05) is 11.6 Å². The van der Waals surface area contributed by atoms with Crippen LogP contribution in [0, 0.1) is 11.3 Å². The lowest BCUT2D eigenvalue weighted by Crippen LogP contribution is -2.01. The van der Waals surface area contributed by atoms with Gasteiger partial charge < -0.3 is 5.32 Å². The lowest BCUT2D eigenvalue weighted by Gasteiger charge is -2.09. The predicted octanol–water partition coefficient (Wildman–Crippen LogP) is 4.48. The Morgan fingerprint density at radius 1 is 1.11 bits per heavy atom. The van der Waals surface area contributed by atoms with Crippen LogP contribution in [0.4, 0.5) is 5.69 Å². The van der Waals surface area contributed by atoms with E-state index in [1.807, 2.05) is 36.4 Å². The van der Waals surface area contributed by atoms with Gasteiger partial charge >= 0.3 is 0 Å². The van der Waals surface area contributed by atoms with Crippen molar-refractivity contribution in [2.45, 2.75) is 6.54 Å². The van der Waals surface area contributed by atoms with E-state index in [0.29, 0.717) is 22.2 Å². The number of halogens is 2. The van der Waals surface area contributed by atoms with Gasteiger partial charge in [-0.05, 0) is 29.8 Å². The van der Waals surface area contributed by atoms with Gasteiger partial charge in [0.15, 0.2) is 0 Å². The van der Waals surface area contributed by atoms with E-state index in [2.05, 4.69) is 11.4 Å². The molecule has 90 valence electrons. The first-order valence-corrected chi connectivity index (χ1v) is 6.13. The van der Waals surface area contributed by atoms with Crippen molar-refractivity contribution in [3.05, 3.63) is 63.6 Å². The molecule has 2 aromatic rings. The van der Waals surface area contributed by atoms with Crippen LogP contribution in [0.2, 0.25) is 10.0 Å². The summed E-state index contributed by atoms with van der Waals surface area (Å²) in [6.45, 7) is 0.593. The maximum atomic E-state index is 9.05. The van der Waals surface area contributed by atoms with Crippen LogP contribution < -0.4 is 5.32 Å². The molecule has 0 aliphatic rings. The van der Waals surface area contributed by atoms with Crippen molar-refractivity contribution >= 4 is 28.9 Å². The first kappa shape index (κ1) is 12.8. The molecule has 2 aromatic carbocycles. The zero-order chi connectivity index (χ0) is 13.0. The summed E-state index contributed by atoms with van der Waals surface area (Å²) in [5.74, 6) is 0. The summed E-state index contributed by atoms with van der Waals surface area (Å²) in [6.07, 6.45) is 0. The lowest BCUT2D eigenvalue weighted by molar-refractivity contribution is 1.15. The number of anilines is 1. The van der Waals surface area contributed by atoms with Crippen LogP contribution in [0.5, 0.6) is 0 Å². The summed E-state index contributed by atoms with van der Waals surface area (Å²) in [7, 11) is 0. The van der Waals surface area contributed by atoms with Crippen LogP contribution in [0.25, 0.3) is 0 Å². The van der Waals surface area contributed by atoms with E-state index >= 15 is 0 Å². The van der Waals surface area contributed by atoms with Crippen LogP contribution in [0.15, 0.2) is 42.5 Å². The molecule has 0 atom stereocenters. The van der Waals surface area contributed by atoms with Gasteiger partial charge in [-0.15, -0.1) is 0 Å². The zero-order valence-corrected chi connectivity index (χ0v) is 11.0. The Morgan fingerprint density at radius 3 is 2.61 bits per heavy atom. The highest BCUT2D eigenvalue weighted by molar-refractivity contribution is 6.32. The summed E-state index contributed by atoms with van der Waals surface area (Å²) in [5.41, 5.74) is 2.23. The van der Waals surface area contributed by atoms with Crippen molar-refractivity contribution < 1.29 is 0 Å². The number of hydrogen-bond donors (Lipinski definition) is 1. The standard InChI is InChI=1S/C14H10Cl2N2/c15-11-4-1-3-10(7-11)9-18-14-6-2-5-13(16)12(14)8-17/h1-7,18H,9H2. The van der Waals surface area contributed by atoms with Gasteiger partial charge in [-0.25, -0.2) is 0 Å². The van der Waals surface area contributed by atoms with Crippen LogP contribution in [0.1, 0.15) is 11.1 Å². The summed E-state index contributed by atoms with van der Waals surface area (Å²) in [4.78, 5) is 0. The third-order valence-corrected chi connectivity index (χ3v) is 3.05. The van der Waals surface area contributed by atoms with Crippen LogP contribution in [-0.4, -0.2) is 0 Å². The minimum atomic E-state index is 0.452. The molecule has 0 amide bonds. The second-order valence-electron chi connectivity index (χ2n) is 3.76. The highest BCUT2D eigenvalue weighted by Crippen LogP contribution is 2.24. The Labute approximate surface area is 116 Å². The first-order chi connectivity index (χ1) is 8.70. The van der Waals surface area contributed by atoms with Gasteiger partial charge in [-0.1, -0.05) is 41.4 Å². The number of hydrogen-bond acceptors (Lipinski definition) is 2. The molecule has 0 fully saturated rings. The first-order valence-electron chi connectivity index (χ1n) is 5.37. The summed E-state index contributed by atoms with van der Waals surface area (Å²) < 4.78 is 0. The Morgan fingerprint density at radius 2 is 1.89 bits per heavy atom. The fourth-order valence-corrected chi connectivity index (χ4v) is 2.06. The smallest absolute Gasteiger partial charge is 0.103 e. The molecule has 0 saturated heterocycles. The fraction of sp³-hybridized carbons (Fsp3) is 0.0714. The molecule has 0 radical (unpaired) electrons. The third-order valence-electron chi connectivity index (χ3n) is 2.50. The molecule has 4 heteroatoms.